The number of fused-ring (bicyclic) bond motifs is 2. The van der Waals surface area contributed by atoms with Crippen LogP contribution in [0.4, 0.5) is 5.69 Å². The van der Waals surface area contributed by atoms with E-state index in [1.165, 1.54) is 15.7 Å². The predicted molar refractivity (Wildman–Crippen MR) is 107 cm³/mol. The van der Waals surface area contributed by atoms with Crippen LogP contribution in [0, 0.1) is 0 Å². The number of benzene rings is 1. The molecule has 0 atom stereocenters. The number of aryl methyl sites for hydroxylation is 1. The Morgan fingerprint density at radius 1 is 1.37 bits per heavy atom. The number of nitrogens with zero attached hydrogens (tertiary/aromatic N) is 3. The maximum absolute atomic E-state index is 12.8. The van der Waals surface area contributed by atoms with Crippen molar-refractivity contribution in [2.24, 2.45) is 16.5 Å². The van der Waals surface area contributed by atoms with E-state index in [0.717, 1.165) is 29.5 Å². The molecule has 0 radical (unpaired) electrons. The average Bonchev–Trinajstić information content (AvgIpc) is 3.25. The van der Waals surface area contributed by atoms with Gasteiger partial charge in [-0.2, -0.15) is 8.42 Å². The number of halogens is 1. The molecule has 5 N–H and O–H groups in total. The standard InChI is InChI=1S/C16H15ClN6O2S2/c17-13-14(23-5-6-26-16(23)21-13)27(24,25)22-11-3-4-12-9(7-11)1-2-10(12)8-20-15(18)19/h3-8,22H,1-2H2,(H4,18,19,20). The van der Waals surface area contributed by atoms with E-state index in [4.69, 9.17) is 23.1 Å². The van der Waals surface area contributed by atoms with Crippen LogP contribution in [0.2, 0.25) is 5.15 Å². The van der Waals surface area contributed by atoms with Gasteiger partial charge in [-0.25, -0.2) is 9.98 Å². The Morgan fingerprint density at radius 2 is 2.19 bits per heavy atom. The molecule has 140 valence electrons. The largest absolute Gasteiger partial charge is 0.370 e. The van der Waals surface area contributed by atoms with Crippen LogP contribution in [0.1, 0.15) is 17.5 Å². The minimum atomic E-state index is -3.89. The lowest BCUT2D eigenvalue weighted by atomic mass is 10.1. The Balaban J connectivity index is 1.66. The van der Waals surface area contributed by atoms with E-state index in [2.05, 4.69) is 14.7 Å². The lowest BCUT2D eigenvalue weighted by Gasteiger charge is -2.09. The van der Waals surface area contributed by atoms with Gasteiger partial charge in [-0.1, -0.05) is 17.7 Å². The summed E-state index contributed by atoms with van der Waals surface area (Å²) in [7, 11) is -3.89. The number of allylic oxidation sites excluding steroid dienone is 1. The zero-order valence-corrected chi connectivity index (χ0v) is 16.3. The van der Waals surface area contributed by atoms with Gasteiger partial charge in [0, 0.05) is 23.5 Å². The molecule has 0 saturated carbocycles. The van der Waals surface area contributed by atoms with Crippen LogP contribution in [-0.2, 0) is 16.4 Å². The molecule has 11 heteroatoms. The minimum Gasteiger partial charge on any atom is -0.370 e. The van der Waals surface area contributed by atoms with Crippen molar-refractivity contribution < 1.29 is 8.42 Å². The molecule has 0 saturated heterocycles. The Bertz CT molecular complexity index is 1200. The molecule has 4 rings (SSSR count). The van der Waals surface area contributed by atoms with Crippen molar-refractivity contribution in [3.05, 3.63) is 52.3 Å². The van der Waals surface area contributed by atoms with Crippen molar-refractivity contribution in [1.29, 1.82) is 0 Å². The molecule has 1 aliphatic rings. The quantitative estimate of drug-likeness (QED) is 0.439. The molecule has 1 aliphatic carbocycles. The number of rotatable bonds is 4. The molecule has 0 bridgehead atoms. The number of sulfonamides is 1. The first-order valence-electron chi connectivity index (χ1n) is 7.90. The third-order valence-corrected chi connectivity index (χ3v) is 6.71. The molecule has 27 heavy (non-hydrogen) atoms. The third kappa shape index (κ3) is 3.27. The average molecular weight is 423 g/mol. The van der Waals surface area contributed by atoms with Crippen LogP contribution >= 0.6 is 22.9 Å². The van der Waals surface area contributed by atoms with Gasteiger partial charge in [0.1, 0.15) is 0 Å². The summed E-state index contributed by atoms with van der Waals surface area (Å²) in [5, 5.41) is 1.62. The fraction of sp³-hybridized carbons (Fsp3) is 0.125. The van der Waals surface area contributed by atoms with Gasteiger partial charge in [-0.05, 0) is 41.7 Å². The van der Waals surface area contributed by atoms with Crippen LogP contribution < -0.4 is 16.2 Å². The molecule has 1 aromatic carbocycles. The van der Waals surface area contributed by atoms with Crippen molar-refractivity contribution in [1.82, 2.24) is 9.38 Å². The summed E-state index contributed by atoms with van der Waals surface area (Å²) in [6.45, 7) is 0. The van der Waals surface area contributed by atoms with Crippen molar-refractivity contribution in [2.75, 3.05) is 4.72 Å². The van der Waals surface area contributed by atoms with Crippen LogP contribution in [0.15, 0.2) is 46.0 Å². The van der Waals surface area contributed by atoms with E-state index in [0.29, 0.717) is 10.6 Å². The molecule has 0 unspecified atom stereocenters. The summed E-state index contributed by atoms with van der Waals surface area (Å²) >= 11 is 7.36. The molecule has 3 aromatic rings. The molecule has 0 fully saturated rings. The lowest BCUT2D eigenvalue weighted by Crippen LogP contribution is -2.21. The molecule has 0 aliphatic heterocycles. The highest BCUT2D eigenvalue weighted by molar-refractivity contribution is 7.92. The number of aromatic nitrogens is 2. The third-order valence-electron chi connectivity index (χ3n) is 4.17. The summed E-state index contributed by atoms with van der Waals surface area (Å²) in [4.78, 5) is 8.52. The normalized spacial score (nSPS) is 15.2. The van der Waals surface area contributed by atoms with E-state index >= 15 is 0 Å². The van der Waals surface area contributed by atoms with E-state index in [-0.39, 0.29) is 16.1 Å². The van der Waals surface area contributed by atoms with Crippen LogP contribution in [0.5, 0.6) is 0 Å². The van der Waals surface area contributed by atoms with Crippen molar-refractivity contribution in [3.63, 3.8) is 0 Å². The number of thiazole rings is 1. The molecule has 0 spiro atoms. The Kier molecular flexibility index (Phi) is 4.33. The second kappa shape index (κ2) is 6.55. The van der Waals surface area contributed by atoms with Gasteiger partial charge in [0.15, 0.2) is 21.1 Å². The fourth-order valence-electron chi connectivity index (χ4n) is 3.05. The highest BCUT2D eigenvalue weighted by Gasteiger charge is 2.26. The summed E-state index contributed by atoms with van der Waals surface area (Å²) in [5.41, 5.74) is 14.2. The first-order chi connectivity index (χ1) is 12.8. The summed E-state index contributed by atoms with van der Waals surface area (Å²) < 4.78 is 29.7. The predicted octanol–water partition coefficient (Wildman–Crippen LogP) is 2.41. The summed E-state index contributed by atoms with van der Waals surface area (Å²) in [6, 6.07) is 5.36. The maximum atomic E-state index is 12.8. The van der Waals surface area contributed by atoms with Gasteiger partial charge >= 0.3 is 0 Å². The number of guanidine groups is 1. The molecular formula is C16H15ClN6O2S2. The number of hydrogen-bond donors (Lipinski definition) is 3. The number of anilines is 1. The van der Waals surface area contributed by atoms with Crippen LogP contribution in [0.25, 0.3) is 10.5 Å². The molecule has 8 nitrogen and oxygen atoms in total. The van der Waals surface area contributed by atoms with Crippen LogP contribution in [-0.4, -0.2) is 23.8 Å². The molecule has 0 amide bonds. The Morgan fingerprint density at radius 3 is 2.96 bits per heavy atom. The number of nitrogens with one attached hydrogen (secondary N) is 1. The summed E-state index contributed by atoms with van der Waals surface area (Å²) in [6.07, 6.45) is 4.83. The summed E-state index contributed by atoms with van der Waals surface area (Å²) in [5.74, 6) is -0.00207. The molecular weight excluding hydrogens is 408 g/mol. The van der Waals surface area contributed by atoms with Gasteiger partial charge in [-0.15, -0.1) is 11.3 Å². The van der Waals surface area contributed by atoms with Crippen LogP contribution in [0.3, 0.4) is 0 Å². The van der Waals surface area contributed by atoms with E-state index in [9.17, 15) is 8.42 Å². The van der Waals surface area contributed by atoms with Crippen molar-refractivity contribution in [2.45, 2.75) is 17.9 Å². The number of hydrogen-bond acceptors (Lipinski definition) is 5. The number of nitrogens with two attached hydrogens (primary N) is 2. The van der Waals surface area contributed by atoms with Gasteiger partial charge in [-0.3, -0.25) is 9.12 Å². The lowest BCUT2D eigenvalue weighted by molar-refractivity contribution is 0.596. The number of aliphatic imine (C=N–C) groups is 1. The van der Waals surface area contributed by atoms with Crippen molar-refractivity contribution in [3.8, 4) is 0 Å². The first-order valence-corrected chi connectivity index (χ1v) is 10.6. The van der Waals surface area contributed by atoms with Crippen molar-refractivity contribution >= 4 is 55.1 Å². The van der Waals surface area contributed by atoms with Gasteiger partial charge in [0.05, 0.1) is 0 Å². The Labute approximate surface area is 164 Å². The number of imidazole rings is 1. The minimum absolute atomic E-state index is 0.00207. The fourth-order valence-corrected chi connectivity index (χ4v) is 5.56. The topological polar surface area (TPSA) is 128 Å². The zero-order valence-electron chi connectivity index (χ0n) is 13.9. The second-order valence-electron chi connectivity index (χ2n) is 5.95. The van der Waals surface area contributed by atoms with E-state index < -0.39 is 10.0 Å². The maximum Gasteiger partial charge on any atom is 0.281 e. The highest BCUT2D eigenvalue weighted by atomic mass is 35.5. The first kappa shape index (κ1) is 17.8. The molecule has 2 aromatic heterocycles. The van der Waals surface area contributed by atoms with E-state index in [1.807, 2.05) is 12.1 Å². The Hall–Kier alpha value is -2.56. The van der Waals surface area contributed by atoms with Gasteiger partial charge in [0.25, 0.3) is 10.0 Å². The monoisotopic (exact) mass is 422 g/mol. The van der Waals surface area contributed by atoms with Gasteiger partial charge in [0.2, 0.25) is 0 Å². The van der Waals surface area contributed by atoms with E-state index in [1.54, 1.807) is 23.8 Å². The SMILES string of the molecule is NC(N)=NC=C1CCc2cc(NS(=O)(=O)c3c(Cl)nc4sccn34)ccc21. The zero-order chi connectivity index (χ0) is 19.2. The molecule has 2 heterocycles. The second-order valence-corrected chi connectivity index (χ2v) is 8.78. The smallest absolute Gasteiger partial charge is 0.281 e. The van der Waals surface area contributed by atoms with Gasteiger partial charge < -0.3 is 11.5 Å². The highest BCUT2D eigenvalue weighted by Crippen LogP contribution is 2.35.